The molecule has 0 spiro atoms. The Hall–Kier alpha value is -3.10. The minimum atomic E-state index is -1.14. The van der Waals surface area contributed by atoms with Gasteiger partial charge < -0.3 is 20.7 Å². The molecule has 1 rings (SSSR count). The van der Waals surface area contributed by atoms with Gasteiger partial charge in [-0.3, -0.25) is 10.1 Å². The summed E-state index contributed by atoms with van der Waals surface area (Å²) in [5, 5.41) is 10.1. The quantitative estimate of drug-likeness (QED) is 0.538. The van der Waals surface area contributed by atoms with Crippen molar-refractivity contribution in [2.75, 3.05) is 0 Å². The summed E-state index contributed by atoms with van der Waals surface area (Å²) in [4.78, 5) is 47.5. The lowest BCUT2D eigenvalue weighted by Crippen LogP contribution is -2.50. The summed E-state index contributed by atoms with van der Waals surface area (Å²) < 4.78 is 5.10. The van der Waals surface area contributed by atoms with E-state index < -0.39 is 29.6 Å². The molecule has 0 radical (unpaired) electrons. The smallest absolute Gasteiger partial charge is 0.338 e. The Kier molecular flexibility index (Phi) is 8.62. The number of carbonyl (C=O) groups excluding carboxylic acids is 4. The van der Waals surface area contributed by atoms with Crippen molar-refractivity contribution in [3.8, 4) is 0 Å². The van der Waals surface area contributed by atoms with Crippen molar-refractivity contribution in [2.24, 2.45) is 0 Å². The lowest BCUT2D eigenvalue weighted by atomic mass is 10.1. The van der Waals surface area contributed by atoms with Crippen LogP contribution in [-0.4, -0.2) is 41.6 Å². The summed E-state index contributed by atoms with van der Waals surface area (Å²) in [7, 11) is 0. The predicted molar refractivity (Wildman–Crippen MR) is 108 cm³/mol. The van der Waals surface area contributed by atoms with Gasteiger partial charge in [-0.2, -0.15) is 0 Å². The fraction of sp³-hybridized carbons (Fsp3) is 0.500. The molecule has 1 aromatic carbocycles. The van der Waals surface area contributed by atoms with Gasteiger partial charge in [0.15, 0.2) is 6.10 Å². The maximum atomic E-state index is 12.2. The van der Waals surface area contributed by atoms with Gasteiger partial charge in [0.05, 0.1) is 5.56 Å². The maximum Gasteiger partial charge on any atom is 0.338 e. The average molecular weight is 406 g/mol. The Morgan fingerprint density at radius 3 is 2.07 bits per heavy atom. The Bertz CT molecular complexity index is 738. The number of benzene rings is 1. The van der Waals surface area contributed by atoms with Gasteiger partial charge in [0, 0.05) is 18.1 Å². The minimum Gasteiger partial charge on any atom is -0.449 e. The first kappa shape index (κ1) is 23.9. The summed E-state index contributed by atoms with van der Waals surface area (Å²) >= 11 is 0. The van der Waals surface area contributed by atoms with Crippen molar-refractivity contribution in [1.29, 1.82) is 0 Å². The topological polar surface area (TPSA) is 126 Å². The molecule has 9 nitrogen and oxygen atoms in total. The van der Waals surface area contributed by atoms with E-state index in [9.17, 15) is 19.2 Å². The van der Waals surface area contributed by atoms with Crippen LogP contribution in [-0.2, 0) is 16.1 Å². The zero-order valence-electron chi connectivity index (χ0n) is 17.7. The number of hydrogen-bond donors (Lipinski definition) is 4. The van der Waals surface area contributed by atoms with Gasteiger partial charge in [0.1, 0.15) is 0 Å². The summed E-state index contributed by atoms with van der Waals surface area (Å²) in [6.07, 6.45) is -1.14. The minimum absolute atomic E-state index is 0.0332. The van der Waals surface area contributed by atoms with E-state index in [1.165, 1.54) is 19.1 Å². The summed E-state index contributed by atoms with van der Waals surface area (Å²) in [5.74, 6) is -1.42. The molecule has 1 atom stereocenters. The standard InChI is InChI=1S/C20H30N4O5/c1-12(2)22-18(27)21-11-14-7-9-15(10-8-14)17(26)29-13(3)16(25)23-19(28)24-20(4,5)6/h7-10,12-13H,11H2,1-6H3,(H2,21,22,27)(H2,23,24,25,28). The molecule has 1 aromatic rings. The first-order valence-corrected chi connectivity index (χ1v) is 9.34. The van der Waals surface area contributed by atoms with Crippen LogP contribution in [0.15, 0.2) is 24.3 Å². The van der Waals surface area contributed by atoms with Crippen molar-refractivity contribution in [3.63, 3.8) is 0 Å². The number of ether oxygens (including phenoxy) is 1. The molecular weight excluding hydrogens is 376 g/mol. The van der Waals surface area contributed by atoms with Crippen molar-refractivity contribution in [2.45, 2.75) is 65.8 Å². The first-order chi connectivity index (χ1) is 13.4. The van der Waals surface area contributed by atoms with E-state index in [4.69, 9.17) is 4.74 Å². The Morgan fingerprint density at radius 1 is 0.966 bits per heavy atom. The predicted octanol–water partition coefficient (Wildman–Crippen LogP) is 2.06. The molecule has 0 bridgehead atoms. The molecule has 4 N–H and O–H groups in total. The van der Waals surface area contributed by atoms with Crippen LogP contribution < -0.4 is 21.3 Å². The Labute approximate surface area is 170 Å². The highest BCUT2D eigenvalue weighted by Crippen LogP contribution is 2.08. The second-order valence-corrected chi connectivity index (χ2v) is 7.92. The summed E-state index contributed by atoms with van der Waals surface area (Å²) in [6.45, 7) is 10.7. The van der Waals surface area contributed by atoms with Gasteiger partial charge in [-0.15, -0.1) is 0 Å². The molecule has 5 amide bonds. The fourth-order valence-electron chi connectivity index (χ4n) is 2.12. The van der Waals surface area contributed by atoms with E-state index in [0.29, 0.717) is 6.54 Å². The Morgan fingerprint density at radius 2 is 1.55 bits per heavy atom. The summed E-state index contributed by atoms with van der Waals surface area (Å²) in [5.41, 5.74) is 0.542. The molecule has 0 saturated heterocycles. The van der Waals surface area contributed by atoms with Crippen molar-refractivity contribution in [1.82, 2.24) is 21.3 Å². The van der Waals surface area contributed by atoms with Crippen LogP contribution in [0.1, 0.15) is 57.5 Å². The SMILES string of the molecule is CC(C)NC(=O)NCc1ccc(C(=O)OC(C)C(=O)NC(=O)NC(C)(C)C)cc1. The zero-order valence-corrected chi connectivity index (χ0v) is 17.7. The van der Waals surface area contributed by atoms with Crippen molar-refractivity contribution < 1.29 is 23.9 Å². The summed E-state index contributed by atoms with van der Waals surface area (Å²) in [6, 6.07) is 5.52. The Balaban J connectivity index is 2.54. The molecule has 0 aliphatic rings. The first-order valence-electron chi connectivity index (χ1n) is 9.34. The normalized spacial score (nSPS) is 12.0. The molecule has 0 heterocycles. The van der Waals surface area contributed by atoms with E-state index in [0.717, 1.165) is 5.56 Å². The molecule has 160 valence electrons. The second kappa shape index (κ2) is 10.4. The molecule has 0 aliphatic heterocycles. The number of rotatable bonds is 6. The second-order valence-electron chi connectivity index (χ2n) is 7.92. The highest BCUT2D eigenvalue weighted by molar-refractivity contribution is 5.98. The van der Waals surface area contributed by atoms with E-state index in [2.05, 4.69) is 21.3 Å². The zero-order chi connectivity index (χ0) is 22.2. The third kappa shape index (κ3) is 9.59. The van der Waals surface area contributed by atoms with Crippen LogP contribution in [0.4, 0.5) is 9.59 Å². The highest BCUT2D eigenvalue weighted by atomic mass is 16.5. The number of carbonyl (C=O) groups is 4. The molecule has 0 aromatic heterocycles. The lowest BCUT2D eigenvalue weighted by molar-refractivity contribution is -0.127. The third-order valence-electron chi connectivity index (χ3n) is 3.44. The van der Waals surface area contributed by atoms with Crippen LogP contribution in [0.25, 0.3) is 0 Å². The van der Waals surface area contributed by atoms with Crippen LogP contribution in [0.2, 0.25) is 0 Å². The number of imide groups is 1. The van der Waals surface area contributed by atoms with Gasteiger partial charge in [-0.25, -0.2) is 14.4 Å². The lowest BCUT2D eigenvalue weighted by Gasteiger charge is -2.21. The number of esters is 1. The van der Waals surface area contributed by atoms with E-state index in [-0.39, 0.29) is 17.6 Å². The maximum absolute atomic E-state index is 12.2. The van der Waals surface area contributed by atoms with Crippen molar-refractivity contribution in [3.05, 3.63) is 35.4 Å². The largest absolute Gasteiger partial charge is 0.449 e. The molecule has 29 heavy (non-hydrogen) atoms. The van der Waals surface area contributed by atoms with E-state index in [1.807, 2.05) is 13.8 Å². The molecular formula is C20H30N4O5. The van der Waals surface area contributed by atoms with Gasteiger partial charge in [-0.05, 0) is 59.2 Å². The number of nitrogens with one attached hydrogen (secondary N) is 4. The molecule has 0 aliphatic carbocycles. The van der Waals surface area contributed by atoms with E-state index in [1.54, 1.807) is 32.9 Å². The van der Waals surface area contributed by atoms with Gasteiger partial charge >= 0.3 is 18.0 Å². The highest BCUT2D eigenvalue weighted by Gasteiger charge is 2.22. The van der Waals surface area contributed by atoms with Crippen molar-refractivity contribution >= 4 is 23.9 Å². The monoisotopic (exact) mass is 406 g/mol. The average Bonchev–Trinajstić information content (AvgIpc) is 2.57. The number of urea groups is 2. The van der Waals surface area contributed by atoms with Crippen LogP contribution in [0.3, 0.4) is 0 Å². The number of hydrogen-bond acceptors (Lipinski definition) is 5. The van der Waals surface area contributed by atoms with Gasteiger partial charge in [0.25, 0.3) is 5.91 Å². The molecule has 9 heteroatoms. The fourth-order valence-corrected chi connectivity index (χ4v) is 2.12. The van der Waals surface area contributed by atoms with Gasteiger partial charge in [0.2, 0.25) is 0 Å². The van der Waals surface area contributed by atoms with Gasteiger partial charge in [-0.1, -0.05) is 12.1 Å². The van der Waals surface area contributed by atoms with Crippen LogP contribution >= 0.6 is 0 Å². The third-order valence-corrected chi connectivity index (χ3v) is 3.44. The van der Waals surface area contributed by atoms with Crippen LogP contribution in [0, 0.1) is 0 Å². The number of amides is 5. The van der Waals surface area contributed by atoms with Crippen LogP contribution in [0.5, 0.6) is 0 Å². The molecule has 1 unspecified atom stereocenters. The molecule has 0 fully saturated rings. The molecule has 0 saturated carbocycles. The van der Waals surface area contributed by atoms with E-state index >= 15 is 0 Å².